The van der Waals surface area contributed by atoms with Crippen molar-refractivity contribution in [3.8, 4) is 22.6 Å². The molecule has 1 saturated carbocycles. The molecule has 5 rings (SSSR count). The van der Waals surface area contributed by atoms with Crippen molar-refractivity contribution < 1.29 is 4.74 Å². The molecule has 2 aromatic carbocycles. The molecule has 4 aromatic rings. The van der Waals surface area contributed by atoms with Gasteiger partial charge in [-0.2, -0.15) is 0 Å². The molecule has 0 saturated heterocycles. The molecule has 4 N–H and O–H groups in total. The van der Waals surface area contributed by atoms with Crippen molar-refractivity contribution in [2.24, 2.45) is 11.7 Å². The lowest BCUT2D eigenvalue weighted by Crippen LogP contribution is -2.20. The van der Waals surface area contributed by atoms with Crippen molar-refractivity contribution >= 4 is 16.9 Å². The van der Waals surface area contributed by atoms with Crippen LogP contribution in [0.5, 0.6) is 11.5 Å². The number of para-hydroxylation sites is 1. The van der Waals surface area contributed by atoms with Gasteiger partial charge < -0.3 is 20.8 Å². The van der Waals surface area contributed by atoms with E-state index < -0.39 is 0 Å². The highest BCUT2D eigenvalue weighted by molar-refractivity contribution is 6.00. The van der Waals surface area contributed by atoms with Crippen LogP contribution >= 0.6 is 0 Å². The summed E-state index contributed by atoms with van der Waals surface area (Å²) in [6.45, 7) is 0.777. The van der Waals surface area contributed by atoms with Gasteiger partial charge in [0.05, 0.1) is 5.39 Å². The Bertz CT molecular complexity index is 1180. The predicted molar refractivity (Wildman–Crippen MR) is 129 cm³/mol. The lowest BCUT2D eigenvalue weighted by atomic mass is 9.84. The van der Waals surface area contributed by atoms with E-state index in [9.17, 15) is 0 Å². The van der Waals surface area contributed by atoms with E-state index in [1.54, 1.807) is 6.33 Å². The number of aromatic nitrogens is 3. The Morgan fingerprint density at radius 2 is 1.62 bits per heavy atom. The van der Waals surface area contributed by atoms with Crippen LogP contribution in [0.1, 0.15) is 38.1 Å². The Balaban J connectivity index is 1.45. The third kappa shape index (κ3) is 4.06. The molecule has 0 atom stereocenters. The van der Waals surface area contributed by atoms with E-state index in [1.165, 1.54) is 12.8 Å². The van der Waals surface area contributed by atoms with Gasteiger partial charge in [-0.3, -0.25) is 0 Å². The van der Waals surface area contributed by atoms with Crippen LogP contribution in [-0.4, -0.2) is 21.1 Å². The molecular weight excluding hydrogens is 398 g/mol. The first-order valence-corrected chi connectivity index (χ1v) is 11.4. The molecule has 1 fully saturated rings. The quantitative estimate of drug-likeness (QED) is 0.421. The predicted octanol–water partition coefficient (Wildman–Crippen LogP) is 5.55. The van der Waals surface area contributed by atoms with Gasteiger partial charge in [0.2, 0.25) is 0 Å². The first-order chi connectivity index (χ1) is 15.7. The molecule has 0 unspecified atom stereocenters. The molecule has 0 amide bonds. The first-order valence-electron chi connectivity index (χ1n) is 11.4. The summed E-state index contributed by atoms with van der Waals surface area (Å²) in [5, 5.41) is 0.924. The van der Waals surface area contributed by atoms with Crippen LogP contribution in [0.3, 0.4) is 0 Å². The zero-order chi connectivity index (χ0) is 21.9. The Labute approximate surface area is 188 Å². The third-order valence-corrected chi connectivity index (χ3v) is 6.57. The first kappa shape index (κ1) is 20.5. The molecule has 0 radical (unpaired) electrons. The number of nitrogen functional groups attached to an aromatic ring is 1. The van der Waals surface area contributed by atoms with Crippen LogP contribution in [0.2, 0.25) is 0 Å². The maximum absolute atomic E-state index is 6.33. The van der Waals surface area contributed by atoms with E-state index in [4.69, 9.17) is 16.2 Å². The number of ether oxygens (including phenoxy) is 1. The van der Waals surface area contributed by atoms with Gasteiger partial charge >= 0.3 is 0 Å². The number of nitrogens with two attached hydrogens (primary N) is 2. The van der Waals surface area contributed by atoms with Gasteiger partial charge in [0.25, 0.3) is 0 Å². The van der Waals surface area contributed by atoms with E-state index in [-0.39, 0.29) is 0 Å². The van der Waals surface area contributed by atoms with Crippen molar-refractivity contribution in [2.45, 2.75) is 38.1 Å². The second kappa shape index (κ2) is 9.01. The van der Waals surface area contributed by atoms with Gasteiger partial charge in [0.1, 0.15) is 29.3 Å². The molecule has 2 aromatic heterocycles. The van der Waals surface area contributed by atoms with Crippen molar-refractivity contribution in [2.75, 3.05) is 12.3 Å². The SMILES string of the molecule is NCCC1CCC(n2cc(-c3ccc(Oc4ccccc4)cc3)c3c(N)ncnc32)CC1. The topological polar surface area (TPSA) is 92.0 Å². The van der Waals surface area contributed by atoms with Gasteiger partial charge in [0, 0.05) is 17.8 Å². The largest absolute Gasteiger partial charge is 0.457 e. The molecule has 32 heavy (non-hydrogen) atoms. The van der Waals surface area contributed by atoms with Gasteiger partial charge in [-0.1, -0.05) is 30.3 Å². The summed E-state index contributed by atoms with van der Waals surface area (Å²) in [7, 11) is 0. The van der Waals surface area contributed by atoms with Gasteiger partial charge in [-0.05, 0) is 74.4 Å². The van der Waals surface area contributed by atoms with Crippen LogP contribution in [-0.2, 0) is 0 Å². The molecule has 164 valence electrons. The maximum atomic E-state index is 6.33. The Morgan fingerprint density at radius 1 is 0.906 bits per heavy atom. The van der Waals surface area contributed by atoms with Gasteiger partial charge in [-0.25, -0.2) is 9.97 Å². The summed E-state index contributed by atoms with van der Waals surface area (Å²) in [6.07, 6.45) is 9.59. The van der Waals surface area contributed by atoms with Crippen molar-refractivity contribution in [1.29, 1.82) is 0 Å². The van der Waals surface area contributed by atoms with E-state index in [1.807, 2.05) is 42.5 Å². The number of hydrogen-bond acceptors (Lipinski definition) is 5. The van der Waals surface area contributed by atoms with Crippen LogP contribution in [0.4, 0.5) is 5.82 Å². The Morgan fingerprint density at radius 3 is 2.34 bits per heavy atom. The Hall–Kier alpha value is -3.38. The number of benzene rings is 2. The molecule has 2 heterocycles. The highest BCUT2D eigenvalue weighted by Gasteiger charge is 2.25. The fraction of sp³-hybridized carbons (Fsp3) is 0.308. The summed E-state index contributed by atoms with van der Waals surface area (Å²) >= 11 is 0. The average Bonchev–Trinajstić information content (AvgIpc) is 3.22. The fourth-order valence-electron chi connectivity index (χ4n) is 4.88. The van der Waals surface area contributed by atoms with Crippen LogP contribution in [0, 0.1) is 5.92 Å². The second-order valence-corrected chi connectivity index (χ2v) is 8.60. The van der Waals surface area contributed by atoms with Crippen LogP contribution < -0.4 is 16.2 Å². The van der Waals surface area contributed by atoms with Crippen molar-refractivity contribution in [3.63, 3.8) is 0 Å². The minimum absolute atomic E-state index is 0.426. The third-order valence-electron chi connectivity index (χ3n) is 6.57. The number of anilines is 1. The molecule has 1 aliphatic carbocycles. The molecule has 0 bridgehead atoms. The highest BCUT2D eigenvalue weighted by atomic mass is 16.5. The zero-order valence-electron chi connectivity index (χ0n) is 18.2. The molecule has 0 spiro atoms. The summed E-state index contributed by atoms with van der Waals surface area (Å²) < 4.78 is 8.26. The van der Waals surface area contributed by atoms with E-state index in [0.717, 1.165) is 65.4 Å². The lowest BCUT2D eigenvalue weighted by molar-refractivity contribution is 0.269. The van der Waals surface area contributed by atoms with Crippen LogP contribution in [0.15, 0.2) is 67.1 Å². The normalized spacial score (nSPS) is 18.7. The van der Waals surface area contributed by atoms with Gasteiger partial charge in [-0.15, -0.1) is 0 Å². The molecular formula is C26H29N5O. The van der Waals surface area contributed by atoms with E-state index in [0.29, 0.717) is 11.9 Å². The summed E-state index contributed by atoms with van der Waals surface area (Å²) in [4.78, 5) is 8.90. The second-order valence-electron chi connectivity index (χ2n) is 8.60. The molecule has 6 nitrogen and oxygen atoms in total. The monoisotopic (exact) mass is 427 g/mol. The highest BCUT2D eigenvalue weighted by Crippen LogP contribution is 2.40. The number of fused-ring (bicyclic) bond motifs is 1. The standard InChI is InChI=1S/C26H29N5O/c27-15-14-18-6-10-20(11-7-18)31-16-23(24-25(28)29-17-30-26(24)31)19-8-12-22(13-9-19)32-21-4-2-1-3-5-21/h1-5,8-9,12-13,16-18,20H,6-7,10-11,14-15,27H2,(H2,28,29,30). The Kier molecular flexibility index (Phi) is 5.77. The molecule has 6 heteroatoms. The molecule has 1 aliphatic rings. The smallest absolute Gasteiger partial charge is 0.146 e. The maximum Gasteiger partial charge on any atom is 0.146 e. The average molecular weight is 428 g/mol. The van der Waals surface area contributed by atoms with Crippen LogP contribution in [0.25, 0.3) is 22.2 Å². The number of hydrogen-bond donors (Lipinski definition) is 2. The summed E-state index contributed by atoms with van der Waals surface area (Å²) in [6, 6.07) is 18.3. The molecule has 0 aliphatic heterocycles. The van der Waals surface area contributed by atoms with Gasteiger partial charge in [0.15, 0.2) is 0 Å². The summed E-state index contributed by atoms with van der Waals surface area (Å²) in [5.41, 5.74) is 15.2. The lowest BCUT2D eigenvalue weighted by Gasteiger charge is -2.29. The number of rotatable bonds is 6. The van der Waals surface area contributed by atoms with Crippen molar-refractivity contribution in [1.82, 2.24) is 14.5 Å². The minimum atomic E-state index is 0.426. The fourth-order valence-corrected chi connectivity index (χ4v) is 4.88. The number of nitrogens with zero attached hydrogens (tertiary/aromatic N) is 3. The summed E-state index contributed by atoms with van der Waals surface area (Å²) in [5.74, 6) is 2.88. The van der Waals surface area contributed by atoms with E-state index >= 15 is 0 Å². The van der Waals surface area contributed by atoms with Crippen molar-refractivity contribution in [3.05, 3.63) is 67.1 Å². The van der Waals surface area contributed by atoms with E-state index in [2.05, 4.69) is 32.9 Å². The minimum Gasteiger partial charge on any atom is -0.457 e. The zero-order valence-corrected chi connectivity index (χ0v) is 18.2.